The van der Waals surface area contributed by atoms with Crippen molar-refractivity contribution in [2.24, 2.45) is 11.3 Å². The molecule has 1 rings (SSSR count). The maximum Gasteiger partial charge on any atom is 0.0655 e. The Morgan fingerprint density at radius 3 is 2.60 bits per heavy atom. The molecule has 0 bridgehead atoms. The van der Waals surface area contributed by atoms with Crippen molar-refractivity contribution in [3.8, 4) is 12.3 Å². The molecule has 2 unspecified atom stereocenters. The van der Waals surface area contributed by atoms with Gasteiger partial charge in [-0.1, -0.05) is 20.8 Å². The molecule has 0 radical (unpaired) electrons. The number of terminal acetylenes is 1. The lowest BCUT2D eigenvalue weighted by molar-refractivity contribution is -0.0644. The molecular formula is C14H24O. The van der Waals surface area contributed by atoms with Crippen LogP contribution >= 0.6 is 0 Å². The fourth-order valence-electron chi connectivity index (χ4n) is 3.41. The molecule has 0 heterocycles. The molecule has 0 aromatic carbocycles. The first-order chi connectivity index (χ1) is 6.87. The van der Waals surface area contributed by atoms with Crippen LogP contribution in [0.5, 0.6) is 0 Å². The molecule has 86 valence electrons. The van der Waals surface area contributed by atoms with E-state index in [0.29, 0.717) is 5.92 Å². The first-order valence-electron chi connectivity index (χ1n) is 6.03. The van der Waals surface area contributed by atoms with Crippen LogP contribution in [0.2, 0.25) is 0 Å². The molecule has 1 nitrogen and oxygen atoms in total. The normalized spacial score (nSPS) is 34.7. The highest BCUT2D eigenvalue weighted by atomic mass is 16.3. The van der Waals surface area contributed by atoms with Crippen molar-refractivity contribution in [3.05, 3.63) is 0 Å². The van der Waals surface area contributed by atoms with Crippen LogP contribution in [-0.4, -0.2) is 10.7 Å². The van der Waals surface area contributed by atoms with E-state index in [1.165, 1.54) is 6.42 Å². The summed E-state index contributed by atoms with van der Waals surface area (Å²) < 4.78 is 0. The summed E-state index contributed by atoms with van der Waals surface area (Å²) in [5, 5.41) is 10.5. The van der Waals surface area contributed by atoms with Gasteiger partial charge in [0.1, 0.15) is 0 Å². The summed E-state index contributed by atoms with van der Waals surface area (Å²) in [6.45, 7) is 6.76. The Hall–Kier alpha value is -0.480. The third-order valence-electron chi connectivity index (χ3n) is 3.40. The van der Waals surface area contributed by atoms with Crippen LogP contribution in [-0.2, 0) is 0 Å². The summed E-state index contributed by atoms with van der Waals surface area (Å²) in [7, 11) is 0. The summed E-state index contributed by atoms with van der Waals surface area (Å²) in [6, 6.07) is 0. The minimum atomic E-state index is -0.460. The van der Waals surface area contributed by atoms with Crippen molar-refractivity contribution < 1.29 is 5.11 Å². The average Bonchev–Trinajstić information content (AvgIpc) is 1.98. The smallest absolute Gasteiger partial charge is 0.0655 e. The Kier molecular flexibility index (Phi) is 3.84. The maximum absolute atomic E-state index is 10.5. The van der Waals surface area contributed by atoms with E-state index in [1.807, 2.05) is 0 Å². The first-order valence-corrected chi connectivity index (χ1v) is 6.03. The van der Waals surface area contributed by atoms with E-state index in [4.69, 9.17) is 6.42 Å². The van der Waals surface area contributed by atoms with E-state index < -0.39 is 5.60 Å². The van der Waals surface area contributed by atoms with Gasteiger partial charge in [0.2, 0.25) is 0 Å². The molecule has 1 aliphatic carbocycles. The van der Waals surface area contributed by atoms with Gasteiger partial charge in [0, 0.05) is 6.42 Å². The second-order valence-corrected chi connectivity index (χ2v) is 6.14. The Morgan fingerprint density at radius 2 is 2.07 bits per heavy atom. The van der Waals surface area contributed by atoms with E-state index in [9.17, 15) is 5.11 Å². The number of unbranched alkanes of at least 4 members (excludes halogenated alkanes) is 1. The Labute approximate surface area is 94.3 Å². The largest absolute Gasteiger partial charge is 0.390 e. The molecule has 1 saturated carbocycles. The van der Waals surface area contributed by atoms with E-state index >= 15 is 0 Å². The van der Waals surface area contributed by atoms with Gasteiger partial charge in [0.05, 0.1) is 5.60 Å². The predicted molar refractivity (Wildman–Crippen MR) is 64.4 cm³/mol. The second-order valence-electron chi connectivity index (χ2n) is 6.14. The molecule has 1 aliphatic rings. The predicted octanol–water partition coefficient (Wildman–Crippen LogP) is 3.37. The van der Waals surface area contributed by atoms with Gasteiger partial charge < -0.3 is 5.11 Å². The molecule has 0 aromatic rings. The summed E-state index contributed by atoms with van der Waals surface area (Å²) in [4.78, 5) is 0. The second kappa shape index (κ2) is 4.58. The molecule has 0 aromatic heterocycles. The first kappa shape index (κ1) is 12.6. The molecule has 0 spiro atoms. The summed E-state index contributed by atoms with van der Waals surface area (Å²) in [5.74, 6) is 3.27. The van der Waals surface area contributed by atoms with Gasteiger partial charge in [-0.25, -0.2) is 0 Å². The maximum atomic E-state index is 10.5. The third kappa shape index (κ3) is 3.87. The van der Waals surface area contributed by atoms with Crippen LogP contribution < -0.4 is 0 Å². The van der Waals surface area contributed by atoms with Crippen LogP contribution in [0.15, 0.2) is 0 Å². The monoisotopic (exact) mass is 208 g/mol. The minimum absolute atomic E-state index is 0.280. The molecule has 1 fully saturated rings. The van der Waals surface area contributed by atoms with Gasteiger partial charge in [0.15, 0.2) is 0 Å². The van der Waals surface area contributed by atoms with Crippen LogP contribution in [0.1, 0.15) is 59.3 Å². The van der Waals surface area contributed by atoms with Crippen LogP contribution in [0.3, 0.4) is 0 Å². The van der Waals surface area contributed by atoms with Crippen molar-refractivity contribution in [2.45, 2.75) is 64.9 Å². The zero-order valence-corrected chi connectivity index (χ0v) is 10.3. The molecule has 1 heteroatoms. The SMILES string of the molecule is C#CCCCC1(O)CC(C)CC(C)(C)C1. The van der Waals surface area contributed by atoms with E-state index in [2.05, 4.69) is 26.7 Å². The van der Waals surface area contributed by atoms with Crippen LogP contribution in [0, 0.1) is 23.7 Å². The lowest BCUT2D eigenvalue weighted by atomic mass is 9.64. The molecule has 15 heavy (non-hydrogen) atoms. The van der Waals surface area contributed by atoms with Gasteiger partial charge in [-0.05, 0) is 43.4 Å². The van der Waals surface area contributed by atoms with E-state index in [-0.39, 0.29) is 5.41 Å². The number of aliphatic hydroxyl groups is 1. The van der Waals surface area contributed by atoms with Crippen molar-refractivity contribution in [2.75, 3.05) is 0 Å². The Morgan fingerprint density at radius 1 is 1.40 bits per heavy atom. The van der Waals surface area contributed by atoms with Crippen molar-refractivity contribution in [1.29, 1.82) is 0 Å². The van der Waals surface area contributed by atoms with Gasteiger partial charge in [-0.15, -0.1) is 12.3 Å². The third-order valence-corrected chi connectivity index (χ3v) is 3.40. The standard InChI is InChI=1S/C14H24O/c1-5-6-7-8-14(15)10-12(2)9-13(3,4)11-14/h1,12,15H,6-11H2,2-4H3. The lowest BCUT2D eigenvalue weighted by Crippen LogP contribution is -2.42. The molecule has 1 N–H and O–H groups in total. The van der Waals surface area contributed by atoms with Gasteiger partial charge in [-0.3, -0.25) is 0 Å². The highest BCUT2D eigenvalue weighted by molar-refractivity contribution is 4.94. The molecular weight excluding hydrogens is 184 g/mol. The molecule has 2 atom stereocenters. The van der Waals surface area contributed by atoms with Crippen molar-refractivity contribution in [3.63, 3.8) is 0 Å². The zero-order chi connectivity index (χ0) is 11.5. The van der Waals surface area contributed by atoms with Crippen molar-refractivity contribution >= 4 is 0 Å². The minimum Gasteiger partial charge on any atom is -0.390 e. The molecule has 0 saturated heterocycles. The highest BCUT2D eigenvalue weighted by Crippen LogP contribution is 2.45. The van der Waals surface area contributed by atoms with Gasteiger partial charge in [0.25, 0.3) is 0 Å². The number of rotatable bonds is 3. The average molecular weight is 208 g/mol. The fraction of sp³-hybridized carbons (Fsp3) is 0.857. The molecule has 0 aliphatic heterocycles. The number of hydrogen-bond donors (Lipinski definition) is 1. The summed E-state index contributed by atoms with van der Waals surface area (Å²) in [5.41, 5.74) is -0.180. The highest BCUT2D eigenvalue weighted by Gasteiger charge is 2.40. The topological polar surface area (TPSA) is 20.2 Å². The lowest BCUT2D eigenvalue weighted by Gasteiger charge is -2.44. The zero-order valence-electron chi connectivity index (χ0n) is 10.3. The fourth-order valence-corrected chi connectivity index (χ4v) is 3.41. The van der Waals surface area contributed by atoms with E-state index in [1.54, 1.807) is 0 Å². The van der Waals surface area contributed by atoms with Crippen molar-refractivity contribution in [1.82, 2.24) is 0 Å². The summed E-state index contributed by atoms with van der Waals surface area (Å²) >= 11 is 0. The van der Waals surface area contributed by atoms with Gasteiger partial charge >= 0.3 is 0 Å². The van der Waals surface area contributed by atoms with E-state index in [0.717, 1.165) is 32.1 Å². The molecule has 0 amide bonds. The number of hydrogen-bond acceptors (Lipinski definition) is 1. The summed E-state index contributed by atoms with van der Waals surface area (Å²) in [6.07, 6.45) is 10.9. The Balaban J connectivity index is 2.55. The van der Waals surface area contributed by atoms with Gasteiger partial charge in [-0.2, -0.15) is 0 Å². The Bertz CT molecular complexity index is 249. The quantitative estimate of drug-likeness (QED) is 0.557. The van der Waals surface area contributed by atoms with Crippen LogP contribution in [0.4, 0.5) is 0 Å². The van der Waals surface area contributed by atoms with Crippen LogP contribution in [0.25, 0.3) is 0 Å².